The van der Waals surface area contributed by atoms with Gasteiger partial charge in [0.05, 0.1) is 24.3 Å². The smallest absolute Gasteiger partial charge is 0.270 e. The molecule has 0 bridgehead atoms. The molecule has 4 nitrogen and oxygen atoms in total. The van der Waals surface area contributed by atoms with E-state index in [0.717, 1.165) is 5.56 Å². The maximum Gasteiger partial charge on any atom is 0.270 e. The molecule has 0 atom stereocenters. The fraction of sp³-hybridized carbons (Fsp3) is 0.158. The van der Waals surface area contributed by atoms with E-state index in [1.54, 1.807) is 37.5 Å². The van der Waals surface area contributed by atoms with E-state index in [4.69, 9.17) is 21.7 Å². The van der Waals surface area contributed by atoms with Crippen LogP contribution in [0.4, 0.5) is 10.1 Å². The van der Waals surface area contributed by atoms with Crippen molar-refractivity contribution in [3.63, 3.8) is 0 Å². The third kappa shape index (κ3) is 3.73. The van der Waals surface area contributed by atoms with E-state index < -0.39 is 5.82 Å². The lowest BCUT2D eigenvalue weighted by Crippen LogP contribution is -2.27. The molecular formula is C19H16FNO3S2. The normalized spacial score (nSPS) is 15.7. The number of anilines is 1. The van der Waals surface area contributed by atoms with Gasteiger partial charge >= 0.3 is 0 Å². The highest BCUT2D eigenvalue weighted by Gasteiger charge is 2.33. The molecule has 0 aliphatic carbocycles. The molecule has 1 saturated heterocycles. The number of hydrogen-bond acceptors (Lipinski definition) is 5. The highest BCUT2D eigenvalue weighted by Crippen LogP contribution is 2.37. The number of carbonyl (C=O) groups is 1. The molecule has 0 radical (unpaired) electrons. The minimum atomic E-state index is -0.420. The molecule has 1 aliphatic rings. The van der Waals surface area contributed by atoms with Crippen LogP contribution in [0.25, 0.3) is 6.08 Å². The second kappa shape index (κ2) is 7.88. The lowest BCUT2D eigenvalue weighted by atomic mass is 10.2. The zero-order valence-electron chi connectivity index (χ0n) is 14.2. The molecule has 3 rings (SSSR count). The standard InChI is InChI=1S/C19H16FNO3S2/c1-3-24-15-8-7-12(9-16(15)23-2)10-17-18(22)21(19(25)26-17)14-6-4-5-13(20)11-14/h4-11H,3H2,1-2H3/b17-10+. The molecule has 1 amide bonds. The lowest BCUT2D eigenvalue weighted by Gasteiger charge is -2.14. The second-order valence-corrected chi connectivity index (χ2v) is 7.02. The summed E-state index contributed by atoms with van der Waals surface area (Å²) >= 11 is 6.48. The average Bonchev–Trinajstić information content (AvgIpc) is 2.90. The Hall–Kier alpha value is -2.38. The van der Waals surface area contributed by atoms with Crippen LogP contribution in [0.3, 0.4) is 0 Å². The summed E-state index contributed by atoms with van der Waals surface area (Å²) in [7, 11) is 1.56. The SMILES string of the molecule is CCOc1ccc(/C=C2/SC(=S)N(c3cccc(F)c3)C2=O)cc1OC. The van der Waals surface area contributed by atoms with Crippen LogP contribution in [-0.4, -0.2) is 23.9 Å². The van der Waals surface area contributed by atoms with E-state index in [1.165, 1.54) is 28.8 Å². The van der Waals surface area contributed by atoms with Crippen molar-refractivity contribution in [2.75, 3.05) is 18.6 Å². The Bertz CT molecular complexity index is 898. The summed E-state index contributed by atoms with van der Waals surface area (Å²) in [5.41, 5.74) is 1.20. The highest BCUT2D eigenvalue weighted by atomic mass is 32.2. The largest absolute Gasteiger partial charge is 0.493 e. The molecule has 0 aromatic heterocycles. The molecule has 1 fully saturated rings. The summed E-state index contributed by atoms with van der Waals surface area (Å²) < 4.78 is 24.7. The first-order valence-corrected chi connectivity index (χ1v) is 9.10. The first-order chi connectivity index (χ1) is 12.5. The number of benzene rings is 2. The van der Waals surface area contributed by atoms with Crippen molar-refractivity contribution in [1.29, 1.82) is 0 Å². The van der Waals surface area contributed by atoms with Gasteiger partial charge in [-0.05, 0) is 48.9 Å². The van der Waals surface area contributed by atoms with Crippen molar-refractivity contribution in [2.24, 2.45) is 0 Å². The van der Waals surface area contributed by atoms with Gasteiger partial charge in [-0.25, -0.2) is 4.39 Å². The Morgan fingerprint density at radius 3 is 2.73 bits per heavy atom. The molecule has 134 valence electrons. The Labute approximate surface area is 160 Å². The Balaban J connectivity index is 1.90. The number of ether oxygens (including phenoxy) is 2. The van der Waals surface area contributed by atoms with Gasteiger partial charge in [-0.1, -0.05) is 36.1 Å². The van der Waals surface area contributed by atoms with Crippen LogP contribution in [-0.2, 0) is 4.79 Å². The number of nitrogens with zero attached hydrogens (tertiary/aromatic N) is 1. The summed E-state index contributed by atoms with van der Waals surface area (Å²) in [6.45, 7) is 2.42. The van der Waals surface area contributed by atoms with Crippen LogP contribution in [0.1, 0.15) is 12.5 Å². The van der Waals surface area contributed by atoms with Crippen LogP contribution in [0, 0.1) is 5.82 Å². The molecule has 0 unspecified atom stereocenters. The number of thioether (sulfide) groups is 1. The van der Waals surface area contributed by atoms with Crippen molar-refractivity contribution in [3.8, 4) is 11.5 Å². The number of carbonyl (C=O) groups excluding carboxylic acids is 1. The Morgan fingerprint density at radius 2 is 2.04 bits per heavy atom. The van der Waals surface area contributed by atoms with Crippen molar-refractivity contribution in [2.45, 2.75) is 6.92 Å². The van der Waals surface area contributed by atoms with Gasteiger partial charge < -0.3 is 9.47 Å². The highest BCUT2D eigenvalue weighted by molar-refractivity contribution is 8.27. The summed E-state index contributed by atoms with van der Waals surface area (Å²) in [6, 6.07) is 11.2. The van der Waals surface area contributed by atoms with E-state index in [9.17, 15) is 9.18 Å². The maximum absolute atomic E-state index is 13.5. The van der Waals surface area contributed by atoms with Gasteiger partial charge in [-0.15, -0.1) is 0 Å². The number of rotatable bonds is 5. The van der Waals surface area contributed by atoms with Gasteiger partial charge in [0.2, 0.25) is 0 Å². The molecule has 1 aliphatic heterocycles. The maximum atomic E-state index is 13.5. The van der Waals surface area contributed by atoms with E-state index in [0.29, 0.717) is 33.0 Å². The summed E-state index contributed by atoms with van der Waals surface area (Å²) in [5.74, 6) is 0.524. The monoisotopic (exact) mass is 389 g/mol. The van der Waals surface area contributed by atoms with E-state index in [2.05, 4.69) is 0 Å². The van der Waals surface area contributed by atoms with Crippen molar-refractivity contribution in [3.05, 3.63) is 58.8 Å². The number of thiocarbonyl (C=S) groups is 1. The number of hydrogen-bond donors (Lipinski definition) is 0. The number of halogens is 1. The zero-order chi connectivity index (χ0) is 18.7. The van der Waals surface area contributed by atoms with E-state index in [-0.39, 0.29) is 5.91 Å². The molecule has 26 heavy (non-hydrogen) atoms. The van der Waals surface area contributed by atoms with Crippen LogP contribution in [0.5, 0.6) is 11.5 Å². The number of amides is 1. The summed E-state index contributed by atoms with van der Waals surface area (Å²) in [6.07, 6.45) is 1.73. The molecular weight excluding hydrogens is 373 g/mol. The predicted octanol–water partition coefficient (Wildman–Crippen LogP) is 4.64. The molecule has 0 N–H and O–H groups in total. The van der Waals surface area contributed by atoms with Gasteiger partial charge in [-0.2, -0.15) is 0 Å². The first kappa shape index (κ1) is 18.4. The predicted molar refractivity (Wildman–Crippen MR) is 106 cm³/mol. The van der Waals surface area contributed by atoms with Gasteiger partial charge in [-0.3, -0.25) is 9.69 Å². The number of methoxy groups -OCH3 is 1. The Morgan fingerprint density at radius 1 is 1.23 bits per heavy atom. The molecule has 0 spiro atoms. The van der Waals surface area contributed by atoms with E-state index in [1.807, 2.05) is 13.0 Å². The fourth-order valence-corrected chi connectivity index (χ4v) is 3.80. The van der Waals surface area contributed by atoms with Crippen LogP contribution in [0.2, 0.25) is 0 Å². The zero-order valence-corrected chi connectivity index (χ0v) is 15.8. The quantitative estimate of drug-likeness (QED) is 0.550. The fourth-order valence-electron chi connectivity index (χ4n) is 2.51. The third-order valence-electron chi connectivity index (χ3n) is 3.65. The summed E-state index contributed by atoms with van der Waals surface area (Å²) in [5, 5.41) is 0. The lowest BCUT2D eigenvalue weighted by molar-refractivity contribution is -0.113. The van der Waals surface area contributed by atoms with Crippen molar-refractivity contribution in [1.82, 2.24) is 0 Å². The topological polar surface area (TPSA) is 38.8 Å². The minimum absolute atomic E-state index is 0.279. The molecule has 2 aromatic rings. The van der Waals surface area contributed by atoms with Crippen LogP contribution in [0.15, 0.2) is 47.4 Å². The Kier molecular flexibility index (Phi) is 5.58. The molecule has 2 aromatic carbocycles. The van der Waals surface area contributed by atoms with Crippen LogP contribution < -0.4 is 14.4 Å². The third-order valence-corrected chi connectivity index (χ3v) is 4.95. The van der Waals surface area contributed by atoms with Gasteiger partial charge in [0, 0.05) is 0 Å². The van der Waals surface area contributed by atoms with Crippen molar-refractivity contribution >= 4 is 46.0 Å². The van der Waals surface area contributed by atoms with Gasteiger partial charge in [0.1, 0.15) is 5.82 Å². The molecule has 1 heterocycles. The second-order valence-electron chi connectivity index (χ2n) is 5.34. The van der Waals surface area contributed by atoms with Crippen molar-refractivity contribution < 1.29 is 18.7 Å². The van der Waals surface area contributed by atoms with Gasteiger partial charge in [0.25, 0.3) is 5.91 Å². The van der Waals surface area contributed by atoms with Crippen LogP contribution >= 0.6 is 24.0 Å². The molecule has 0 saturated carbocycles. The van der Waals surface area contributed by atoms with Gasteiger partial charge in [0.15, 0.2) is 15.8 Å². The molecule has 7 heteroatoms. The minimum Gasteiger partial charge on any atom is -0.493 e. The summed E-state index contributed by atoms with van der Waals surface area (Å²) in [4.78, 5) is 14.5. The average molecular weight is 389 g/mol. The first-order valence-electron chi connectivity index (χ1n) is 7.88. The van der Waals surface area contributed by atoms with E-state index >= 15 is 0 Å².